The molecule has 0 aliphatic rings. The van der Waals surface area contributed by atoms with Crippen molar-refractivity contribution in [2.75, 3.05) is 6.54 Å². The zero-order valence-corrected chi connectivity index (χ0v) is 7.70. The van der Waals surface area contributed by atoms with Crippen molar-refractivity contribution in [3.8, 4) is 0 Å². The van der Waals surface area contributed by atoms with Crippen LogP contribution in [0.15, 0.2) is 0 Å². The third-order valence-corrected chi connectivity index (χ3v) is 1.81. The van der Waals surface area contributed by atoms with Crippen LogP contribution in [0.4, 0.5) is 13.2 Å². The molecule has 0 fully saturated rings. The van der Waals surface area contributed by atoms with E-state index in [4.69, 9.17) is 0 Å². The average molecular weight is 183 g/mol. The Morgan fingerprint density at radius 2 is 1.75 bits per heavy atom. The SMILES string of the molecule is CCC(NCC(F)(F)F)C(C)C. The summed E-state index contributed by atoms with van der Waals surface area (Å²) in [4.78, 5) is 0. The van der Waals surface area contributed by atoms with Gasteiger partial charge in [0.1, 0.15) is 0 Å². The molecule has 0 bridgehead atoms. The number of nitrogens with one attached hydrogen (secondary N) is 1. The van der Waals surface area contributed by atoms with Crippen LogP contribution in [0.5, 0.6) is 0 Å². The van der Waals surface area contributed by atoms with Crippen LogP contribution in [-0.2, 0) is 0 Å². The first-order chi connectivity index (χ1) is 5.37. The summed E-state index contributed by atoms with van der Waals surface area (Å²) in [5.74, 6) is 0.248. The Morgan fingerprint density at radius 1 is 1.25 bits per heavy atom. The van der Waals surface area contributed by atoms with Gasteiger partial charge in [-0.2, -0.15) is 13.2 Å². The minimum atomic E-state index is -4.09. The lowest BCUT2D eigenvalue weighted by molar-refractivity contribution is -0.126. The number of halogens is 3. The Balaban J connectivity index is 3.73. The van der Waals surface area contributed by atoms with Gasteiger partial charge in [-0.15, -0.1) is 0 Å². The molecule has 0 amide bonds. The zero-order chi connectivity index (χ0) is 9.78. The molecule has 0 aliphatic heterocycles. The summed E-state index contributed by atoms with van der Waals surface area (Å²) in [6, 6.07) is -0.0355. The van der Waals surface area contributed by atoms with Crippen molar-refractivity contribution in [1.29, 1.82) is 0 Å². The molecule has 0 aromatic heterocycles. The van der Waals surface area contributed by atoms with Crippen LogP contribution in [0, 0.1) is 5.92 Å². The van der Waals surface area contributed by atoms with Crippen molar-refractivity contribution in [2.24, 2.45) is 5.92 Å². The van der Waals surface area contributed by atoms with Crippen LogP contribution in [0.2, 0.25) is 0 Å². The molecule has 0 heterocycles. The Hall–Kier alpha value is -0.250. The molecular weight excluding hydrogens is 167 g/mol. The summed E-state index contributed by atoms with van der Waals surface area (Å²) >= 11 is 0. The van der Waals surface area contributed by atoms with E-state index in [9.17, 15) is 13.2 Å². The maximum atomic E-state index is 11.8. The molecule has 1 atom stereocenters. The van der Waals surface area contributed by atoms with E-state index in [2.05, 4.69) is 5.32 Å². The monoisotopic (exact) mass is 183 g/mol. The molecule has 1 nitrogen and oxygen atoms in total. The van der Waals surface area contributed by atoms with Crippen LogP contribution < -0.4 is 5.32 Å². The molecule has 0 radical (unpaired) electrons. The fraction of sp³-hybridized carbons (Fsp3) is 1.00. The average Bonchev–Trinajstić information content (AvgIpc) is 1.85. The van der Waals surface area contributed by atoms with Crippen molar-refractivity contribution >= 4 is 0 Å². The molecule has 4 heteroatoms. The van der Waals surface area contributed by atoms with E-state index in [1.807, 2.05) is 20.8 Å². The zero-order valence-electron chi connectivity index (χ0n) is 7.70. The lowest BCUT2D eigenvalue weighted by atomic mass is 10.0. The van der Waals surface area contributed by atoms with E-state index in [1.54, 1.807) is 0 Å². The van der Waals surface area contributed by atoms with E-state index in [0.717, 1.165) is 6.42 Å². The maximum Gasteiger partial charge on any atom is 0.401 e. The smallest absolute Gasteiger partial charge is 0.306 e. The molecule has 0 spiro atoms. The van der Waals surface area contributed by atoms with Crippen molar-refractivity contribution < 1.29 is 13.2 Å². The normalized spacial score (nSPS) is 15.2. The van der Waals surface area contributed by atoms with Crippen molar-refractivity contribution in [2.45, 2.75) is 39.4 Å². The molecule has 0 aromatic carbocycles. The second-order valence-corrected chi connectivity index (χ2v) is 3.25. The highest BCUT2D eigenvalue weighted by molar-refractivity contribution is 4.70. The Morgan fingerprint density at radius 3 is 2.00 bits per heavy atom. The molecule has 74 valence electrons. The van der Waals surface area contributed by atoms with Crippen LogP contribution >= 0.6 is 0 Å². The van der Waals surface area contributed by atoms with E-state index in [-0.39, 0.29) is 12.0 Å². The van der Waals surface area contributed by atoms with Crippen molar-refractivity contribution in [3.05, 3.63) is 0 Å². The first kappa shape index (κ1) is 11.8. The van der Waals surface area contributed by atoms with Gasteiger partial charge in [0.2, 0.25) is 0 Å². The number of hydrogen-bond acceptors (Lipinski definition) is 1. The molecule has 12 heavy (non-hydrogen) atoms. The van der Waals surface area contributed by atoms with E-state index in [0.29, 0.717) is 0 Å². The third kappa shape index (κ3) is 5.41. The second kappa shape index (κ2) is 4.70. The minimum Gasteiger partial charge on any atom is -0.306 e. The maximum absolute atomic E-state index is 11.8. The van der Waals surface area contributed by atoms with Gasteiger partial charge in [-0.25, -0.2) is 0 Å². The van der Waals surface area contributed by atoms with Crippen molar-refractivity contribution in [1.82, 2.24) is 5.32 Å². The van der Waals surface area contributed by atoms with Gasteiger partial charge in [0.25, 0.3) is 0 Å². The predicted molar refractivity (Wildman–Crippen MR) is 43.0 cm³/mol. The summed E-state index contributed by atoms with van der Waals surface area (Å²) < 4.78 is 35.3. The van der Waals surface area contributed by atoms with Gasteiger partial charge in [-0.1, -0.05) is 20.8 Å². The summed E-state index contributed by atoms with van der Waals surface area (Å²) in [6.45, 7) is 4.83. The first-order valence-electron chi connectivity index (χ1n) is 4.17. The standard InChI is InChI=1S/C8H16F3N/c1-4-7(6(2)3)12-5-8(9,10)11/h6-7,12H,4-5H2,1-3H3. The Kier molecular flexibility index (Phi) is 4.60. The van der Waals surface area contributed by atoms with Gasteiger partial charge in [0.05, 0.1) is 6.54 Å². The molecular formula is C8H16F3N. The quantitative estimate of drug-likeness (QED) is 0.706. The lowest BCUT2D eigenvalue weighted by Gasteiger charge is -2.21. The van der Waals surface area contributed by atoms with Gasteiger partial charge >= 0.3 is 6.18 Å². The number of rotatable bonds is 4. The Bertz CT molecular complexity index is 120. The summed E-state index contributed by atoms with van der Waals surface area (Å²) in [6.07, 6.45) is -3.37. The molecule has 1 unspecified atom stereocenters. The minimum absolute atomic E-state index is 0.0355. The summed E-state index contributed by atoms with van der Waals surface area (Å²) in [7, 11) is 0. The van der Waals surface area contributed by atoms with E-state index >= 15 is 0 Å². The molecule has 1 N–H and O–H groups in total. The number of hydrogen-bond donors (Lipinski definition) is 1. The Labute approximate surface area is 71.3 Å². The molecule has 0 aromatic rings. The third-order valence-electron chi connectivity index (χ3n) is 1.81. The van der Waals surface area contributed by atoms with Crippen molar-refractivity contribution in [3.63, 3.8) is 0 Å². The van der Waals surface area contributed by atoms with Gasteiger partial charge in [-0.05, 0) is 12.3 Å². The lowest BCUT2D eigenvalue weighted by Crippen LogP contribution is -2.39. The molecule has 0 aliphatic carbocycles. The highest BCUT2D eigenvalue weighted by Gasteiger charge is 2.28. The molecule has 0 rings (SSSR count). The highest BCUT2D eigenvalue weighted by Crippen LogP contribution is 2.14. The van der Waals surface area contributed by atoms with Crippen LogP contribution in [0.25, 0.3) is 0 Å². The van der Waals surface area contributed by atoms with E-state index in [1.165, 1.54) is 0 Å². The van der Waals surface area contributed by atoms with Crippen LogP contribution in [0.1, 0.15) is 27.2 Å². The van der Waals surface area contributed by atoms with Gasteiger partial charge < -0.3 is 5.32 Å². The summed E-state index contributed by atoms with van der Waals surface area (Å²) in [5, 5.41) is 2.48. The van der Waals surface area contributed by atoms with Crippen LogP contribution in [-0.4, -0.2) is 18.8 Å². The fourth-order valence-corrected chi connectivity index (χ4v) is 1.10. The molecule has 0 saturated heterocycles. The topological polar surface area (TPSA) is 12.0 Å². The highest BCUT2D eigenvalue weighted by atomic mass is 19.4. The fourth-order valence-electron chi connectivity index (χ4n) is 1.10. The number of alkyl halides is 3. The first-order valence-corrected chi connectivity index (χ1v) is 4.17. The second-order valence-electron chi connectivity index (χ2n) is 3.25. The van der Waals surface area contributed by atoms with E-state index < -0.39 is 12.7 Å². The van der Waals surface area contributed by atoms with Gasteiger partial charge in [0, 0.05) is 6.04 Å². The van der Waals surface area contributed by atoms with Gasteiger partial charge in [0.15, 0.2) is 0 Å². The molecule has 0 saturated carbocycles. The van der Waals surface area contributed by atoms with Crippen LogP contribution in [0.3, 0.4) is 0 Å². The largest absolute Gasteiger partial charge is 0.401 e. The summed E-state index contributed by atoms with van der Waals surface area (Å²) in [5.41, 5.74) is 0. The van der Waals surface area contributed by atoms with Gasteiger partial charge in [-0.3, -0.25) is 0 Å². The predicted octanol–water partition coefficient (Wildman–Crippen LogP) is 2.57.